The molecule has 21 heavy (non-hydrogen) atoms. The van der Waals surface area contributed by atoms with Crippen LogP contribution in [-0.2, 0) is 4.74 Å². The largest absolute Gasteiger partial charge is 0.381 e. The van der Waals surface area contributed by atoms with Crippen molar-refractivity contribution in [2.24, 2.45) is 0 Å². The van der Waals surface area contributed by atoms with Crippen LogP contribution in [0.3, 0.4) is 0 Å². The lowest BCUT2D eigenvalue weighted by Gasteiger charge is -2.28. The summed E-state index contributed by atoms with van der Waals surface area (Å²) in [6.45, 7) is 9.53. The Kier molecular flexibility index (Phi) is 11.3. The molecule has 1 saturated carbocycles. The molecule has 0 aromatic heterocycles. The molecule has 0 radical (unpaired) electrons. The molecule has 0 bridgehead atoms. The van der Waals surface area contributed by atoms with Crippen LogP contribution in [0.1, 0.15) is 46.5 Å². The second-order valence-electron chi connectivity index (χ2n) is 4.67. The predicted molar refractivity (Wildman–Crippen MR) is 89.2 cm³/mol. The minimum Gasteiger partial charge on any atom is -0.381 e. The molecule has 2 N–H and O–H groups in total. The third kappa shape index (κ3) is 8.35. The number of amides is 2. The van der Waals surface area contributed by atoms with Crippen LogP contribution in [0.4, 0.5) is 4.79 Å². The summed E-state index contributed by atoms with van der Waals surface area (Å²) >= 11 is 0. The first-order chi connectivity index (χ1) is 10.2. The van der Waals surface area contributed by atoms with Crippen LogP contribution < -0.4 is 10.6 Å². The van der Waals surface area contributed by atoms with E-state index in [0.717, 1.165) is 31.4 Å². The van der Waals surface area contributed by atoms with Gasteiger partial charge >= 0.3 is 6.03 Å². The molecule has 120 valence electrons. The third-order valence-electron chi connectivity index (χ3n) is 3.24. The molecule has 0 saturated heterocycles. The van der Waals surface area contributed by atoms with E-state index in [2.05, 4.69) is 17.2 Å². The van der Waals surface area contributed by atoms with Crippen molar-refractivity contribution in [3.05, 3.63) is 36.6 Å². The number of rotatable bonds is 5. The second-order valence-corrected chi connectivity index (χ2v) is 4.67. The molecule has 0 aliphatic heterocycles. The Labute approximate surface area is 129 Å². The molecule has 1 fully saturated rings. The van der Waals surface area contributed by atoms with Gasteiger partial charge in [-0.3, -0.25) is 0 Å². The summed E-state index contributed by atoms with van der Waals surface area (Å²) in [5.74, 6) is 0. The minimum atomic E-state index is -0.160. The van der Waals surface area contributed by atoms with Crippen molar-refractivity contribution in [3.8, 4) is 0 Å². The number of carbonyl (C=O) groups is 1. The highest BCUT2D eigenvalue weighted by Gasteiger charge is 2.21. The summed E-state index contributed by atoms with van der Waals surface area (Å²) < 4.78 is 5.32. The summed E-state index contributed by atoms with van der Waals surface area (Å²) in [7, 11) is 1.74. The Morgan fingerprint density at radius 1 is 1.24 bits per heavy atom. The normalized spacial score (nSPS) is 22.2. The van der Waals surface area contributed by atoms with Gasteiger partial charge in [-0.2, -0.15) is 0 Å². The quantitative estimate of drug-likeness (QED) is 0.755. The summed E-state index contributed by atoms with van der Waals surface area (Å²) in [4.78, 5) is 11.9. The van der Waals surface area contributed by atoms with Gasteiger partial charge in [-0.15, -0.1) is 0 Å². The maximum Gasteiger partial charge on any atom is 0.319 e. The zero-order valence-corrected chi connectivity index (χ0v) is 13.8. The van der Waals surface area contributed by atoms with Crippen molar-refractivity contribution >= 4 is 6.03 Å². The van der Waals surface area contributed by atoms with Crippen molar-refractivity contribution in [1.29, 1.82) is 0 Å². The molecule has 1 aliphatic rings. The molecule has 4 heteroatoms. The van der Waals surface area contributed by atoms with Gasteiger partial charge in [0.1, 0.15) is 0 Å². The fourth-order valence-corrected chi connectivity index (χ4v) is 2.24. The van der Waals surface area contributed by atoms with Crippen LogP contribution in [0.2, 0.25) is 0 Å². The number of nitrogens with one attached hydrogen (secondary N) is 2. The summed E-state index contributed by atoms with van der Waals surface area (Å²) in [6, 6.07) is 0.0778. The van der Waals surface area contributed by atoms with E-state index in [0.29, 0.717) is 6.10 Å². The van der Waals surface area contributed by atoms with Gasteiger partial charge in [-0.25, -0.2) is 4.79 Å². The Morgan fingerprint density at radius 3 is 2.33 bits per heavy atom. The van der Waals surface area contributed by atoms with Gasteiger partial charge in [-0.1, -0.05) is 32.6 Å². The Hall–Kier alpha value is -1.55. The number of carbonyl (C=O) groups excluding carboxylic acids is 1. The first-order valence-electron chi connectivity index (χ1n) is 7.75. The van der Waals surface area contributed by atoms with E-state index in [9.17, 15) is 4.79 Å². The Morgan fingerprint density at radius 2 is 1.86 bits per heavy atom. The maximum absolute atomic E-state index is 11.9. The number of allylic oxidation sites excluding steroid dienone is 4. The Balaban J connectivity index is 0.00000191. The monoisotopic (exact) mass is 294 g/mol. The topological polar surface area (TPSA) is 50.4 Å². The highest BCUT2D eigenvalue weighted by molar-refractivity contribution is 5.76. The molecule has 0 atom stereocenters. The van der Waals surface area contributed by atoms with Gasteiger partial charge in [0.15, 0.2) is 0 Å². The third-order valence-corrected chi connectivity index (χ3v) is 3.24. The molecule has 0 heterocycles. The highest BCUT2D eigenvalue weighted by atomic mass is 16.5. The molecule has 2 amide bonds. The highest BCUT2D eigenvalue weighted by Crippen LogP contribution is 2.20. The average molecular weight is 294 g/mol. The van der Waals surface area contributed by atoms with Gasteiger partial charge in [0, 0.05) is 18.8 Å². The smallest absolute Gasteiger partial charge is 0.319 e. The lowest BCUT2D eigenvalue weighted by molar-refractivity contribution is 0.0636. The van der Waals surface area contributed by atoms with Gasteiger partial charge in [0.25, 0.3) is 0 Å². The molecule has 1 aliphatic carbocycles. The van der Waals surface area contributed by atoms with Crippen molar-refractivity contribution in [2.45, 2.75) is 58.6 Å². The van der Waals surface area contributed by atoms with E-state index in [4.69, 9.17) is 4.74 Å². The van der Waals surface area contributed by atoms with Crippen LogP contribution in [0, 0.1) is 0 Å². The van der Waals surface area contributed by atoms with Crippen LogP contribution in [0.25, 0.3) is 0 Å². The fraction of sp³-hybridized carbons (Fsp3) is 0.588. The van der Waals surface area contributed by atoms with E-state index in [1.54, 1.807) is 19.3 Å². The molecule has 0 unspecified atom stereocenters. The lowest BCUT2D eigenvalue weighted by Crippen LogP contribution is -2.43. The number of methoxy groups -OCH3 is 1. The minimum absolute atomic E-state index is 0.160. The molecule has 1 rings (SSSR count). The summed E-state index contributed by atoms with van der Waals surface area (Å²) in [5.41, 5.74) is 0.737. The van der Waals surface area contributed by atoms with E-state index < -0.39 is 0 Å². The zero-order chi connectivity index (χ0) is 16.1. The standard InChI is InChI=1S/C15H24N2O2.C2H6/c1-4-6-12(7-5-2)16-15(18)17-13-8-10-14(19-3)11-9-13;1-2/h4-7,13-14H,1,8-11H2,2-3H3,(H2,16,17,18);1-2H3/b7-5-,12-6+;. The van der Waals surface area contributed by atoms with Gasteiger partial charge in [0.05, 0.1) is 6.10 Å². The average Bonchev–Trinajstić information content (AvgIpc) is 2.50. The molecular formula is C17H30N2O2. The van der Waals surface area contributed by atoms with E-state index in [1.165, 1.54) is 0 Å². The number of urea groups is 1. The van der Waals surface area contributed by atoms with Crippen LogP contribution in [0.5, 0.6) is 0 Å². The van der Waals surface area contributed by atoms with Gasteiger partial charge < -0.3 is 15.4 Å². The number of ether oxygens (including phenoxy) is 1. The fourth-order valence-electron chi connectivity index (χ4n) is 2.24. The van der Waals surface area contributed by atoms with Crippen LogP contribution in [0.15, 0.2) is 36.6 Å². The van der Waals surface area contributed by atoms with E-state index in [-0.39, 0.29) is 12.1 Å². The SMILES string of the molecule is C=C/C=C(\C=C/C)NC(=O)NC1CCC(OC)CC1.CC. The molecule has 0 aromatic rings. The summed E-state index contributed by atoms with van der Waals surface area (Å²) in [5, 5.41) is 5.81. The van der Waals surface area contributed by atoms with E-state index >= 15 is 0 Å². The van der Waals surface area contributed by atoms with Crippen LogP contribution in [-0.4, -0.2) is 25.3 Å². The second kappa shape index (κ2) is 12.2. The van der Waals surface area contributed by atoms with Crippen molar-refractivity contribution in [3.63, 3.8) is 0 Å². The van der Waals surface area contributed by atoms with Gasteiger partial charge in [0.2, 0.25) is 0 Å². The number of hydrogen-bond donors (Lipinski definition) is 2. The maximum atomic E-state index is 11.9. The molecule has 0 spiro atoms. The zero-order valence-electron chi connectivity index (χ0n) is 13.8. The van der Waals surface area contributed by atoms with E-state index in [1.807, 2.05) is 32.9 Å². The number of hydrogen-bond acceptors (Lipinski definition) is 2. The molecule has 4 nitrogen and oxygen atoms in total. The predicted octanol–water partition coefficient (Wildman–Crippen LogP) is 3.92. The Bertz CT molecular complexity index is 354. The molecular weight excluding hydrogens is 264 g/mol. The first kappa shape index (κ1) is 19.4. The molecule has 0 aromatic carbocycles. The van der Waals surface area contributed by atoms with Crippen molar-refractivity contribution in [1.82, 2.24) is 10.6 Å². The van der Waals surface area contributed by atoms with Crippen molar-refractivity contribution in [2.75, 3.05) is 7.11 Å². The summed E-state index contributed by atoms with van der Waals surface area (Å²) in [6.07, 6.45) is 11.4. The van der Waals surface area contributed by atoms with Gasteiger partial charge in [-0.05, 0) is 44.8 Å². The van der Waals surface area contributed by atoms with Crippen LogP contribution >= 0.6 is 0 Å². The first-order valence-corrected chi connectivity index (χ1v) is 7.75. The lowest BCUT2D eigenvalue weighted by atomic mass is 9.93. The van der Waals surface area contributed by atoms with Crippen molar-refractivity contribution < 1.29 is 9.53 Å².